The highest BCUT2D eigenvalue weighted by Gasteiger charge is 2.21. The third-order valence-corrected chi connectivity index (χ3v) is 3.98. The van der Waals surface area contributed by atoms with Gasteiger partial charge in [-0.2, -0.15) is 0 Å². The Labute approximate surface area is 110 Å². The molecule has 0 aromatic heterocycles. The van der Waals surface area contributed by atoms with E-state index in [9.17, 15) is 5.11 Å². The number of phenolic OH excluding ortho intramolecular Hbond substituents is 1. The average molecular weight is 248 g/mol. The van der Waals surface area contributed by atoms with E-state index in [4.69, 9.17) is 5.73 Å². The van der Waals surface area contributed by atoms with Crippen LogP contribution in [0.1, 0.15) is 30.4 Å². The van der Waals surface area contributed by atoms with Crippen LogP contribution in [0.4, 0.5) is 0 Å². The smallest absolute Gasteiger partial charge is 0.115 e. The fraction of sp³-hybridized carbons (Fsp3) is 0.600. The van der Waals surface area contributed by atoms with E-state index in [-0.39, 0.29) is 0 Å². The van der Waals surface area contributed by atoms with E-state index in [1.807, 2.05) is 6.07 Å². The van der Waals surface area contributed by atoms with Gasteiger partial charge in [-0.25, -0.2) is 0 Å². The molecule has 0 bridgehead atoms. The molecular weight excluding hydrogens is 224 g/mol. The highest BCUT2D eigenvalue weighted by Crippen LogP contribution is 2.27. The van der Waals surface area contributed by atoms with Gasteiger partial charge in [0.15, 0.2) is 0 Å². The van der Waals surface area contributed by atoms with E-state index in [1.54, 1.807) is 6.07 Å². The Hall–Kier alpha value is -1.06. The minimum atomic E-state index is 0.392. The van der Waals surface area contributed by atoms with Gasteiger partial charge in [-0.15, -0.1) is 0 Å². The lowest BCUT2D eigenvalue weighted by Crippen LogP contribution is -2.37. The monoisotopic (exact) mass is 248 g/mol. The molecule has 0 fully saturated rings. The Morgan fingerprint density at radius 3 is 2.94 bits per heavy atom. The third-order valence-electron chi connectivity index (χ3n) is 3.98. The van der Waals surface area contributed by atoms with Crippen LogP contribution in [0.25, 0.3) is 0 Å². The molecule has 3 nitrogen and oxygen atoms in total. The van der Waals surface area contributed by atoms with Gasteiger partial charge < -0.3 is 15.7 Å². The number of fused-ring (bicyclic) bond motifs is 1. The van der Waals surface area contributed by atoms with Crippen molar-refractivity contribution in [3.8, 4) is 5.75 Å². The first-order valence-electron chi connectivity index (χ1n) is 6.92. The van der Waals surface area contributed by atoms with Crippen molar-refractivity contribution in [1.82, 2.24) is 4.90 Å². The Morgan fingerprint density at radius 1 is 1.33 bits per heavy atom. The number of rotatable bonds is 5. The molecule has 0 aliphatic heterocycles. The van der Waals surface area contributed by atoms with Gasteiger partial charge in [0.2, 0.25) is 0 Å². The van der Waals surface area contributed by atoms with Crippen molar-refractivity contribution >= 4 is 0 Å². The zero-order valence-electron chi connectivity index (χ0n) is 11.2. The SMILES string of the molecule is CN(CCCCN)[C@@H]1CCc2cc(O)ccc2C1. The van der Waals surface area contributed by atoms with Gasteiger partial charge in [0.05, 0.1) is 0 Å². The van der Waals surface area contributed by atoms with Crippen molar-refractivity contribution in [3.63, 3.8) is 0 Å². The Balaban J connectivity index is 1.92. The summed E-state index contributed by atoms with van der Waals surface area (Å²) in [5.74, 6) is 0.392. The Kier molecular flexibility index (Phi) is 4.61. The van der Waals surface area contributed by atoms with Crippen molar-refractivity contribution in [3.05, 3.63) is 29.3 Å². The molecular formula is C15H24N2O. The zero-order chi connectivity index (χ0) is 13.0. The molecule has 2 rings (SSSR count). The minimum absolute atomic E-state index is 0.392. The quantitative estimate of drug-likeness (QED) is 0.783. The van der Waals surface area contributed by atoms with Crippen molar-refractivity contribution in [2.45, 2.75) is 38.1 Å². The molecule has 0 saturated heterocycles. The molecule has 0 amide bonds. The van der Waals surface area contributed by atoms with Crippen LogP contribution in [0.3, 0.4) is 0 Å². The van der Waals surface area contributed by atoms with Gasteiger partial charge in [-0.3, -0.25) is 0 Å². The number of unbranched alkanes of at least 4 members (excludes halogenated alkanes) is 1. The van der Waals surface area contributed by atoms with Crippen LogP contribution in [-0.2, 0) is 12.8 Å². The molecule has 1 aliphatic rings. The largest absolute Gasteiger partial charge is 0.508 e. The maximum atomic E-state index is 9.48. The highest BCUT2D eigenvalue weighted by molar-refractivity contribution is 5.37. The molecule has 1 aromatic rings. The van der Waals surface area contributed by atoms with Gasteiger partial charge >= 0.3 is 0 Å². The summed E-state index contributed by atoms with van der Waals surface area (Å²) < 4.78 is 0. The van der Waals surface area contributed by atoms with E-state index >= 15 is 0 Å². The van der Waals surface area contributed by atoms with Gasteiger partial charge in [-0.05, 0) is 75.5 Å². The number of likely N-dealkylation sites (N-methyl/N-ethyl adjacent to an activating group) is 1. The van der Waals surface area contributed by atoms with Crippen molar-refractivity contribution in [2.24, 2.45) is 5.73 Å². The third kappa shape index (κ3) is 3.24. The predicted molar refractivity (Wildman–Crippen MR) is 74.8 cm³/mol. The molecule has 0 saturated carbocycles. The fourth-order valence-electron chi connectivity index (χ4n) is 2.79. The van der Waals surface area contributed by atoms with Crippen LogP contribution in [0.15, 0.2) is 18.2 Å². The number of hydrogen-bond acceptors (Lipinski definition) is 3. The lowest BCUT2D eigenvalue weighted by molar-refractivity contribution is 0.218. The summed E-state index contributed by atoms with van der Waals surface area (Å²) in [7, 11) is 2.21. The second kappa shape index (κ2) is 6.21. The first-order valence-corrected chi connectivity index (χ1v) is 6.92. The predicted octanol–water partition coefficient (Wildman–Crippen LogP) is 1.92. The first-order chi connectivity index (χ1) is 8.70. The molecule has 0 radical (unpaired) electrons. The number of nitrogens with two attached hydrogens (primary N) is 1. The topological polar surface area (TPSA) is 49.5 Å². The first kappa shape index (κ1) is 13.4. The molecule has 3 N–H and O–H groups in total. The van der Waals surface area contributed by atoms with Crippen molar-refractivity contribution in [1.29, 1.82) is 0 Å². The van der Waals surface area contributed by atoms with Crippen LogP contribution in [0.2, 0.25) is 0 Å². The van der Waals surface area contributed by atoms with Gasteiger partial charge in [0, 0.05) is 6.04 Å². The molecule has 0 spiro atoms. The minimum Gasteiger partial charge on any atom is -0.508 e. The standard InChI is InChI=1S/C15H24N2O/c1-17(9-3-2-8-16)14-6-4-13-11-15(18)7-5-12(13)10-14/h5,7,11,14,18H,2-4,6,8-10,16H2,1H3/t14-/m1/s1. The summed E-state index contributed by atoms with van der Waals surface area (Å²) in [6, 6.07) is 6.43. The summed E-state index contributed by atoms with van der Waals surface area (Å²) in [5.41, 5.74) is 8.25. The normalized spacial score (nSPS) is 18.9. The summed E-state index contributed by atoms with van der Waals surface area (Å²) in [4.78, 5) is 2.46. The maximum absolute atomic E-state index is 9.48. The summed E-state index contributed by atoms with van der Waals surface area (Å²) in [6.07, 6.45) is 5.67. The molecule has 0 heterocycles. The highest BCUT2D eigenvalue weighted by atomic mass is 16.3. The number of benzene rings is 1. The van der Waals surface area contributed by atoms with Crippen LogP contribution in [-0.4, -0.2) is 36.2 Å². The lowest BCUT2D eigenvalue weighted by atomic mass is 9.87. The molecule has 3 heteroatoms. The maximum Gasteiger partial charge on any atom is 0.115 e. The fourth-order valence-corrected chi connectivity index (χ4v) is 2.79. The van der Waals surface area contributed by atoms with Crippen LogP contribution in [0.5, 0.6) is 5.75 Å². The van der Waals surface area contributed by atoms with E-state index in [1.165, 1.54) is 24.0 Å². The number of aromatic hydroxyl groups is 1. The van der Waals surface area contributed by atoms with Gasteiger partial charge in [0.25, 0.3) is 0 Å². The average Bonchev–Trinajstić information content (AvgIpc) is 2.38. The number of nitrogens with zero attached hydrogens (tertiary/aromatic N) is 1. The van der Waals surface area contributed by atoms with Crippen LogP contribution >= 0.6 is 0 Å². The molecule has 1 aliphatic carbocycles. The lowest BCUT2D eigenvalue weighted by Gasteiger charge is -2.32. The molecule has 18 heavy (non-hydrogen) atoms. The van der Waals surface area contributed by atoms with E-state index in [0.29, 0.717) is 11.8 Å². The second-order valence-electron chi connectivity index (χ2n) is 5.33. The van der Waals surface area contributed by atoms with Crippen LogP contribution in [0, 0.1) is 0 Å². The second-order valence-corrected chi connectivity index (χ2v) is 5.33. The molecule has 100 valence electrons. The molecule has 1 atom stereocenters. The van der Waals surface area contributed by atoms with E-state index in [0.717, 1.165) is 32.4 Å². The van der Waals surface area contributed by atoms with Crippen molar-refractivity contribution < 1.29 is 5.11 Å². The van der Waals surface area contributed by atoms with E-state index < -0.39 is 0 Å². The summed E-state index contributed by atoms with van der Waals surface area (Å²) in [6.45, 7) is 1.93. The molecule has 0 unspecified atom stereocenters. The van der Waals surface area contributed by atoms with Crippen molar-refractivity contribution in [2.75, 3.05) is 20.1 Å². The van der Waals surface area contributed by atoms with Gasteiger partial charge in [0.1, 0.15) is 5.75 Å². The van der Waals surface area contributed by atoms with Crippen LogP contribution < -0.4 is 5.73 Å². The number of phenols is 1. The van der Waals surface area contributed by atoms with E-state index in [2.05, 4.69) is 18.0 Å². The zero-order valence-corrected chi connectivity index (χ0v) is 11.2. The number of hydrogen-bond donors (Lipinski definition) is 2. The number of aryl methyl sites for hydroxylation is 1. The summed E-state index contributed by atoms with van der Waals surface area (Å²) in [5, 5.41) is 9.48. The Morgan fingerprint density at radius 2 is 2.17 bits per heavy atom. The molecule has 1 aromatic carbocycles. The Bertz CT molecular complexity index is 392. The van der Waals surface area contributed by atoms with Gasteiger partial charge in [-0.1, -0.05) is 6.07 Å². The summed E-state index contributed by atoms with van der Waals surface area (Å²) >= 11 is 0.